The molecule has 2 atom stereocenters. The normalized spacial score (nSPS) is 23.1. The molecule has 104 valence electrons. The summed E-state index contributed by atoms with van der Waals surface area (Å²) in [6.45, 7) is 4.30. The Morgan fingerprint density at radius 1 is 1.37 bits per heavy atom. The number of hydrogen-bond acceptors (Lipinski definition) is 2. The Kier molecular flexibility index (Phi) is 5.40. The van der Waals surface area contributed by atoms with E-state index in [2.05, 4.69) is 40.2 Å². The Morgan fingerprint density at radius 2 is 2.11 bits per heavy atom. The van der Waals surface area contributed by atoms with Gasteiger partial charge in [-0.3, -0.25) is 0 Å². The van der Waals surface area contributed by atoms with Crippen molar-refractivity contribution in [2.75, 3.05) is 13.2 Å². The molecule has 1 N–H and O–H groups in total. The van der Waals surface area contributed by atoms with Gasteiger partial charge in [-0.05, 0) is 31.9 Å². The molecule has 0 saturated carbocycles. The maximum absolute atomic E-state index is 12.0. The van der Waals surface area contributed by atoms with Crippen molar-refractivity contribution < 1.29 is 14.4 Å². The number of quaternary nitrogens is 1. The van der Waals surface area contributed by atoms with E-state index in [9.17, 15) is 4.79 Å². The molecular weight excluding hydrogens is 306 g/mol. The first-order valence-electron chi connectivity index (χ1n) is 6.96. The Morgan fingerprint density at radius 3 is 2.79 bits per heavy atom. The van der Waals surface area contributed by atoms with Gasteiger partial charge in [0.2, 0.25) is 0 Å². The van der Waals surface area contributed by atoms with Crippen LogP contribution >= 0.6 is 15.9 Å². The maximum atomic E-state index is 12.0. The number of carbonyl (C=O) groups is 1. The van der Waals surface area contributed by atoms with Crippen LogP contribution in [0, 0.1) is 0 Å². The summed E-state index contributed by atoms with van der Waals surface area (Å²) in [4.78, 5) is 13.3. The SMILES string of the molecule is CCOC(=O)[C@@H]1CCCC[NH+]1Cc1ccc(Br)cc1. The smallest absolute Gasteiger partial charge is 0.364 e. The van der Waals surface area contributed by atoms with E-state index in [1.807, 2.05) is 6.92 Å². The molecule has 1 heterocycles. The monoisotopic (exact) mass is 326 g/mol. The number of carbonyl (C=O) groups excluding carboxylic acids is 1. The summed E-state index contributed by atoms with van der Waals surface area (Å²) < 4.78 is 6.29. The van der Waals surface area contributed by atoms with Crippen LogP contribution in [0.5, 0.6) is 0 Å². The second-order valence-electron chi connectivity index (χ2n) is 5.01. The zero-order chi connectivity index (χ0) is 13.7. The standard InChI is InChI=1S/C15H20BrNO2/c1-2-19-15(18)14-5-3-4-10-17(14)11-12-6-8-13(16)9-7-12/h6-9,14H,2-5,10-11H2,1H3/p+1/t14-/m0/s1. The third-order valence-corrected chi connectivity index (χ3v) is 4.18. The van der Waals surface area contributed by atoms with Crippen molar-refractivity contribution in [1.82, 2.24) is 0 Å². The molecule has 1 unspecified atom stereocenters. The minimum absolute atomic E-state index is 0.0114. The molecule has 0 bridgehead atoms. The highest BCUT2D eigenvalue weighted by Gasteiger charge is 2.33. The zero-order valence-electron chi connectivity index (χ0n) is 11.3. The second kappa shape index (κ2) is 7.06. The van der Waals surface area contributed by atoms with Crippen LogP contribution in [0.1, 0.15) is 31.7 Å². The first kappa shape index (κ1) is 14.5. The highest BCUT2D eigenvalue weighted by Crippen LogP contribution is 2.11. The van der Waals surface area contributed by atoms with Gasteiger partial charge < -0.3 is 9.64 Å². The Bertz CT molecular complexity index is 419. The van der Waals surface area contributed by atoms with Crippen molar-refractivity contribution in [1.29, 1.82) is 0 Å². The molecule has 0 aromatic heterocycles. The molecule has 3 nitrogen and oxygen atoms in total. The van der Waals surface area contributed by atoms with Gasteiger partial charge in [0.1, 0.15) is 6.54 Å². The molecule has 1 fully saturated rings. The van der Waals surface area contributed by atoms with E-state index >= 15 is 0 Å². The van der Waals surface area contributed by atoms with Gasteiger partial charge in [-0.25, -0.2) is 4.79 Å². The summed E-state index contributed by atoms with van der Waals surface area (Å²) >= 11 is 3.45. The molecule has 4 heteroatoms. The predicted octanol–water partition coefficient (Wildman–Crippen LogP) is 1.95. The van der Waals surface area contributed by atoms with Gasteiger partial charge in [-0.15, -0.1) is 0 Å². The van der Waals surface area contributed by atoms with Crippen LogP contribution in [0.15, 0.2) is 28.7 Å². The van der Waals surface area contributed by atoms with Crippen LogP contribution in [0.4, 0.5) is 0 Å². The van der Waals surface area contributed by atoms with Gasteiger partial charge in [-0.2, -0.15) is 0 Å². The summed E-state index contributed by atoms with van der Waals surface area (Å²) in [5.74, 6) is -0.0330. The quantitative estimate of drug-likeness (QED) is 0.857. The third-order valence-electron chi connectivity index (χ3n) is 3.65. The van der Waals surface area contributed by atoms with E-state index in [0.29, 0.717) is 6.61 Å². The van der Waals surface area contributed by atoms with Crippen molar-refractivity contribution in [2.24, 2.45) is 0 Å². The van der Waals surface area contributed by atoms with Gasteiger partial charge in [0.05, 0.1) is 13.2 Å². The van der Waals surface area contributed by atoms with Gasteiger partial charge in [0, 0.05) is 16.5 Å². The minimum atomic E-state index is -0.0330. The number of ether oxygens (including phenoxy) is 1. The fourth-order valence-electron chi connectivity index (χ4n) is 2.68. The van der Waals surface area contributed by atoms with E-state index in [1.165, 1.54) is 16.9 Å². The molecule has 1 aliphatic heterocycles. The lowest BCUT2D eigenvalue weighted by molar-refractivity contribution is -0.935. The highest BCUT2D eigenvalue weighted by atomic mass is 79.9. The molecule has 0 aliphatic carbocycles. The van der Waals surface area contributed by atoms with E-state index in [-0.39, 0.29) is 12.0 Å². The van der Waals surface area contributed by atoms with Crippen molar-refractivity contribution >= 4 is 21.9 Å². The number of piperidine rings is 1. The number of esters is 1. The van der Waals surface area contributed by atoms with Crippen molar-refractivity contribution in [3.05, 3.63) is 34.3 Å². The number of halogens is 1. The molecule has 1 saturated heterocycles. The van der Waals surface area contributed by atoms with Crippen LogP contribution < -0.4 is 4.90 Å². The van der Waals surface area contributed by atoms with Gasteiger partial charge in [0.15, 0.2) is 6.04 Å². The van der Waals surface area contributed by atoms with Crippen LogP contribution in [0.2, 0.25) is 0 Å². The topological polar surface area (TPSA) is 30.7 Å². The van der Waals surface area contributed by atoms with Gasteiger partial charge >= 0.3 is 5.97 Å². The molecule has 19 heavy (non-hydrogen) atoms. The Hall–Kier alpha value is -0.870. The summed E-state index contributed by atoms with van der Waals surface area (Å²) in [5, 5.41) is 0. The fourth-order valence-corrected chi connectivity index (χ4v) is 2.95. The first-order valence-corrected chi connectivity index (χ1v) is 7.75. The zero-order valence-corrected chi connectivity index (χ0v) is 12.9. The predicted molar refractivity (Wildman–Crippen MR) is 77.9 cm³/mol. The lowest BCUT2D eigenvalue weighted by Gasteiger charge is -2.30. The second-order valence-corrected chi connectivity index (χ2v) is 5.93. The van der Waals surface area contributed by atoms with Crippen LogP contribution in [-0.4, -0.2) is 25.2 Å². The molecule has 0 radical (unpaired) electrons. The molecular formula is C15H21BrNO2+. The third kappa shape index (κ3) is 4.05. The Labute approximate surface area is 123 Å². The van der Waals surface area contributed by atoms with Crippen LogP contribution in [-0.2, 0) is 16.1 Å². The van der Waals surface area contributed by atoms with Crippen LogP contribution in [0.3, 0.4) is 0 Å². The number of hydrogen-bond donors (Lipinski definition) is 1. The molecule has 1 aliphatic rings. The highest BCUT2D eigenvalue weighted by molar-refractivity contribution is 9.10. The van der Waals surface area contributed by atoms with E-state index < -0.39 is 0 Å². The lowest BCUT2D eigenvalue weighted by Crippen LogP contribution is -3.16. The number of rotatable bonds is 4. The minimum Gasteiger partial charge on any atom is -0.462 e. The largest absolute Gasteiger partial charge is 0.462 e. The molecule has 1 aromatic rings. The van der Waals surface area contributed by atoms with Crippen molar-refractivity contribution in [2.45, 2.75) is 38.8 Å². The van der Waals surface area contributed by atoms with E-state index in [0.717, 1.165) is 30.4 Å². The van der Waals surface area contributed by atoms with E-state index in [4.69, 9.17) is 4.74 Å². The summed E-state index contributed by atoms with van der Waals surface area (Å²) in [6.07, 6.45) is 3.28. The molecule has 1 aromatic carbocycles. The number of nitrogens with one attached hydrogen (secondary N) is 1. The van der Waals surface area contributed by atoms with Gasteiger partial charge in [-0.1, -0.05) is 28.1 Å². The molecule has 2 rings (SSSR count). The fraction of sp³-hybridized carbons (Fsp3) is 0.533. The van der Waals surface area contributed by atoms with Crippen molar-refractivity contribution in [3.8, 4) is 0 Å². The average molecular weight is 327 g/mol. The Balaban J connectivity index is 2.03. The average Bonchev–Trinajstić information content (AvgIpc) is 2.42. The van der Waals surface area contributed by atoms with Crippen molar-refractivity contribution in [3.63, 3.8) is 0 Å². The van der Waals surface area contributed by atoms with Crippen LogP contribution in [0.25, 0.3) is 0 Å². The van der Waals surface area contributed by atoms with Gasteiger partial charge in [0.25, 0.3) is 0 Å². The number of benzene rings is 1. The molecule has 0 amide bonds. The lowest BCUT2D eigenvalue weighted by atomic mass is 10.0. The first-order chi connectivity index (χ1) is 9.20. The summed E-state index contributed by atoms with van der Waals surface area (Å²) in [6, 6.07) is 8.36. The summed E-state index contributed by atoms with van der Waals surface area (Å²) in [5.41, 5.74) is 1.27. The maximum Gasteiger partial charge on any atom is 0.364 e. The number of likely N-dealkylation sites (tertiary alicyclic amines) is 1. The summed E-state index contributed by atoms with van der Waals surface area (Å²) in [7, 11) is 0. The van der Waals surface area contributed by atoms with E-state index in [1.54, 1.807) is 0 Å². The molecule has 0 spiro atoms.